The summed E-state index contributed by atoms with van der Waals surface area (Å²) < 4.78 is 1.10. The van der Waals surface area contributed by atoms with Crippen LogP contribution in [-0.2, 0) is 5.75 Å². The van der Waals surface area contributed by atoms with Crippen LogP contribution in [0.15, 0.2) is 30.3 Å². The Kier molecular flexibility index (Phi) is 4.46. The van der Waals surface area contributed by atoms with Crippen LogP contribution in [0.1, 0.15) is 19.4 Å². The first-order chi connectivity index (χ1) is 6.20. The lowest BCUT2D eigenvalue weighted by Gasteiger charge is -2.06. The Balaban J connectivity index is 2.40. The molecule has 2 heteroatoms. The molecule has 13 heavy (non-hydrogen) atoms. The van der Waals surface area contributed by atoms with Crippen LogP contribution in [0.25, 0.3) is 0 Å². The van der Waals surface area contributed by atoms with Gasteiger partial charge in [0, 0.05) is 5.75 Å². The van der Waals surface area contributed by atoms with Crippen molar-refractivity contribution in [3.8, 4) is 0 Å². The number of thiocarbonyl (C=S) groups is 1. The molecule has 0 heterocycles. The fourth-order valence-electron chi connectivity index (χ4n) is 0.895. The van der Waals surface area contributed by atoms with E-state index in [0.717, 1.165) is 9.95 Å². The zero-order chi connectivity index (χ0) is 9.68. The first-order valence-electron chi connectivity index (χ1n) is 4.40. The summed E-state index contributed by atoms with van der Waals surface area (Å²) in [6.07, 6.45) is 0. The molecule has 0 aromatic heterocycles. The standard InChI is InChI=1S/C11H14S2/c1-9(2)11(12)13-8-10-6-4-3-5-7-10/h3-7,9H,8H2,1-2H3. The SMILES string of the molecule is CC(C)C(=S)SCc1ccccc1. The zero-order valence-corrected chi connectivity index (χ0v) is 9.62. The molecular formula is C11H14S2. The van der Waals surface area contributed by atoms with E-state index in [4.69, 9.17) is 12.2 Å². The quantitative estimate of drug-likeness (QED) is 0.694. The molecule has 1 aromatic rings. The topological polar surface area (TPSA) is 0 Å². The largest absolute Gasteiger partial charge is 0.114 e. The predicted molar refractivity (Wildman–Crippen MR) is 65.2 cm³/mol. The zero-order valence-electron chi connectivity index (χ0n) is 7.99. The maximum Gasteiger partial charge on any atom is 0.0507 e. The average Bonchev–Trinajstić information content (AvgIpc) is 2.15. The fourth-order valence-corrected chi connectivity index (χ4v) is 1.91. The second-order valence-electron chi connectivity index (χ2n) is 3.25. The summed E-state index contributed by atoms with van der Waals surface area (Å²) in [4.78, 5) is 0. The van der Waals surface area contributed by atoms with Crippen LogP contribution in [-0.4, -0.2) is 4.20 Å². The van der Waals surface area contributed by atoms with Gasteiger partial charge in [-0.2, -0.15) is 0 Å². The lowest BCUT2D eigenvalue weighted by molar-refractivity contribution is 0.915. The normalized spacial score (nSPS) is 10.4. The third-order valence-electron chi connectivity index (χ3n) is 1.70. The Morgan fingerprint density at radius 3 is 2.46 bits per heavy atom. The van der Waals surface area contributed by atoms with Crippen molar-refractivity contribution in [2.45, 2.75) is 19.6 Å². The van der Waals surface area contributed by atoms with Gasteiger partial charge in [-0.3, -0.25) is 0 Å². The molecule has 0 saturated heterocycles. The molecule has 0 fully saturated rings. The minimum atomic E-state index is 0.503. The summed E-state index contributed by atoms with van der Waals surface area (Å²) in [5, 5.41) is 0. The molecule has 0 saturated carbocycles. The summed E-state index contributed by atoms with van der Waals surface area (Å²) in [6, 6.07) is 10.4. The van der Waals surface area contributed by atoms with E-state index in [2.05, 4.69) is 38.1 Å². The Hall–Kier alpha value is -0.340. The highest BCUT2D eigenvalue weighted by molar-refractivity contribution is 8.22. The molecule has 0 radical (unpaired) electrons. The van der Waals surface area contributed by atoms with Crippen LogP contribution in [0.3, 0.4) is 0 Å². The molecule has 1 rings (SSSR count). The van der Waals surface area contributed by atoms with E-state index in [1.165, 1.54) is 5.56 Å². The monoisotopic (exact) mass is 210 g/mol. The fraction of sp³-hybridized carbons (Fsp3) is 0.364. The van der Waals surface area contributed by atoms with Gasteiger partial charge < -0.3 is 0 Å². The maximum absolute atomic E-state index is 5.24. The molecule has 0 spiro atoms. The first kappa shape index (κ1) is 10.7. The average molecular weight is 210 g/mol. The Morgan fingerprint density at radius 1 is 1.31 bits per heavy atom. The molecule has 0 bridgehead atoms. The van der Waals surface area contributed by atoms with Crippen molar-refractivity contribution in [1.82, 2.24) is 0 Å². The van der Waals surface area contributed by atoms with Crippen molar-refractivity contribution < 1.29 is 0 Å². The molecule has 70 valence electrons. The minimum Gasteiger partial charge on any atom is -0.114 e. The van der Waals surface area contributed by atoms with Gasteiger partial charge in [0.05, 0.1) is 4.20 Å². The van der Waals surface area contributed by atoms with Crippen LogP contribution in [0.4, 0.5) is 0 Å². The lowest BCUT2D eigenvalue weighted by Crippen LogP contribution is -1.98. The summed E-state index contributed by atoms with van der Waals surface area (Å²) >= 11 is 7.01. The third-order valence-corrected chi connectivity index (χ3v) is 3.75. The minimum absolute atomic E-state index is 0.503. The molecule has 1 aromatic carbocycles. The summed E-state index contributed by atoms with van der Waals surface area (Å²) in [7, 11) is 0. The van der Waals surface area contributed by atoms with Crippen molar-refractivity contribution in [2.75, 3.05) is 0 Å². The van der Waals surface area contributed by atoms with Crippen LogP contribution in [0.2, 0.25) is 0 Å². The Bertz CT molecular complexity index is 265. The van der Waals surface area contributed by atoms with Gasteiger partial charge >= 0.3 is 0 Å². The van der Waals surface area contributed by atoms with Crippen LogP contribution in [0, 0.1) is 5.92 Å². The summed E-state index contributed by atoms with van der Waals surface area (Å²) in [5.41, 5.74) is 1.34. The molecule has 0 atom stereocenters. The van der Waals surface area contributed by atoms with Crippen molar-refractivity contribution in [3.63, 3.8) is 0 Å². The highest BCUT2D eigenvalue weighted by atomic mass is 32.2. The highest BCUT2D eigenvalue weighted by Crippen LogP contribution is 2.18. The van der Waals surface area contributed by atoms with Crippen LogP contribution >= 0.6 is 24.0 Å². The summed E-state index contributed by atoms with van der Waals surface area (Å²) in [5.74, 6) is 1.50. The molecule has 0 N–H and O–H groups in total. The maximum atomic E-state index is 5.24. The van der Waals surface area contributed by atoms with E-state index >= 15 is 0 Å². The molecule has 0 aliphatic heterocycles. The van der Waals surface area contributed by atoms with E-state index in [1.807, 2.05) is 6.07 Å². The van der Waals surface area contributed by atoms with E-state index in [0.29, 0.717) is 5.92 Å². The van der Waals surface area contributed by atoms with Gasteiger partial charge in [-0.15, -0.1) is 11.8 Å². The Labute approximate surface area is 89.7 Å². The smallest absolute Gasteiger partial charge is 0.0507 e. The van der Waals surface area contributed by atoms with Gasteiger partial charge in [-0.1, -0.05) is 56.4 Å². The highest BCUT2D eigenvalue weighted by Gasteiger charge is 2.02. The molecular weight excluding hydrogens is 196 g/mol. The van der Waals surface area contributed by atoms with Crippen molar-refractivity contribution in [1.29, 1.82) is 0 Å². The van der Waals surface area contributed by atoms with Crippen molar-refractivity contribution in [3.05, 3.63) is 35.9 Å². The van der Waals surface area contributed by atoms with Gasteiger partial charge in [0.25, 0.3) is 0 Å². The second-order valence-corrected chi connectivity index (χ2v) is 4.96. The van der Waals surface area contributed by atoms with E-state index in [1.54, 1.807) is 11.8 Å². The first-order valence-corrected chi connectivity index (χ1v) is 5.80. The van der Waals surface area contributed by atoms with Gasteiger partial charge in [-0.25, -0.2) is 0 Å². The Morgan fingerprint density at radius 2 is 1.92 bits per heavy atom. The van der Waals surface area contributed by atoms with Gasteiger partial charge in [0.15, 0.2) is 0 Å². The van der Waals surface area contributed by atoms with Crippen LogP contribution in [0.5, 0.6) is 0 Å². The molecule has 0 aliphatic rings. The summed E-state index contributed by atoms with van der Waals surface area (Å²) in [6.45, 7) is 4.28. The van der Waals surface area contributed by atoms with Gasteiger partial charge in [0.2, 0.25) is 0 Å². The number of hydrogen-bond acceptors (Lipinski definition) is 2. The van der Waals surface area contributed by atoms with Gasteiger partial charge in [0.1, 0.15) is 0 Å². The molecule has 0 amide bonds. The van der Waals surface area contributed by atoms with E-state index in [9.17, 15) is 0 Å². The predicted octanol–water partition coefficient (Wildman–Crippen LogP) is 3.90. The number of rotatable bonds is 3. The number of benzene rings is 1. The molecule has 0 nitrogen and oxygen atoms in total. The number of hydrogen-bond donors (Lipinski definition) is 0. The van der Waals surface area contributed by atoms with Crippen molar-refractivity contribution in [2.24, 2.45) is 5.92 Å². The van der Waals surface area contributed by atoms with E-state index in [-0.39, 0.29) is 0 Å². The molecule has 0 unspecified atom stereocenters. The lowest BCUT2D eigenvalue weighted by atomic mass is 10.2. The second kappa shape index (κ2) is 5.40. The van der Waals surface area contributed by atoms with E-state index < -0.39 is 0 Å². The third kappa shape index (κ3) is 3.92. The molecule has 0 aliphatic carbocycles. The van der Waals surface area contributed by atoms with Crippen molar-refractivity contribution >= 4 is 28.2 Å². The number of thioether (sulfide) groups is 1. The van der Waals surface area contributed by atoms with Gasteiger partial charge in [-0.05, 0) is 11.5 Å². The van der Waals surface area contributed by atoms with Crippen LogP contribution < -0.4 is 0 Å².